The lowest BCUT2D eigenvalue weighted by atomic mass is 9.87. The van der Waals surface area contributed by atoms with Gasteiger partial charge < -0.3 is 17.0 Å². The monoisotopic (exact) mass is 573 g/mol. The molecule has 38 heavy (non-hydrogen) atoms. The van der Waals surface area contributed by atoms with Crippen molar-refractivity contribution in [1.82, 2.24) is 10.5 Å². The fourth-order valence-electron chi connectivity index (χ4n) is 5.68. The number of quaternary nitrogens is 1. The summed E-state index contributed by atoms with van der Waals surface area (Å²) < 4.78 is 0. The standard InChI is InChI=1S/C34H43N3.BrH/c1-5-6-7-8-9-10-14-31-25-37(35-36(31)24-26-16-18-29(19-17-26)34(2,3)4)30-20-21-33-28(23-30)22-27-13-11-12-15-32(27)33;/h11-13,15-21,23,25,35H,5-10,14,22,24H2,1-4H3;1H. The molecule has 0 saturated carbocycles. The zero-order valence-electron chi connectivity index (χ0n) is 23.6. The molecule has 202 valence electrons. The van der Waals surface area contributed by atoms with Gasteiger partial charge in [0.05, 0.1) is 12.2 Å². The van der Waals surface area contributed by atoms with Gasteiger partial charge in [-0.3, -0.25) is 5.01 Å². The summed E-state index contributed by atoms with van der Waals surface area (Å²) in [6.07, 6.45) is 12.5. The van der Waals surface area contributed by atoms with E-state index in [4.69, 9.17) is 0 Å². The molecule has 0 saturated heterocycles. The number of unbranched alkanes of at least 4 members (excludes halogenated alkanes) is 5. The average molecular weight is 575 g/mol. The maximum Gasteiger partial charge on any atom is 0.157 e. The van der Waals surface area contributed by atoms with E-state index in [9.17, 15) is 0 Å². The highest BCUT2D eigenvalue weighted by Crippen LogP contribution is 2.37. The van der Waals surface area contributed by atoms with Crippen LogP contribution in [-0.4, -0.2) is 5.01 Å². The van der Waals surface area contributed by atoms with Crippen LogP contribution in [-0.2, 0) is 18.4 Å². The van der Waals surface area contributed by atoms with Crippen molar-refractivity contribution in [2.45, 2.75) is 91.0 Å². The quantitative estimate of drug-likeness (QED) is 0.270. The Kier molecular flexibility index (Phi) is 9.51. The number of nitrogens with one attached hydrogen (secondary N) is 2. The first-order valence-corrected chi connectivity index (χ1v) is 14.3. The normalized spacial score (nSPS) is 16.2. The summed E-state index contributed by atoms with van der Waals surface area (Å²) in [5, 5.41) is 3.61. The Hall–Kier alpha value is -2.40. The molecule has 1 aliphatic carbocycles. The van der Waals surface area contributed by atoms with Crippen LogP contribution < -0.4 is 27.5 Å². The summed E-state index contributed by atoms with van der Waals surface area (Å²) in [5.41, 5.74) is 15.1. The number of rotatable bonds is 10. The fourth-order valence-corrected chi connectivity index (χ4v) is 5.68. The molecule has 1 aliphatic heterocycles. The van der Waals surface area contributed by atoms with Crippen LogP contribution in [0, 0.1) is 0 Å². The molecule has 0 fully saturated rings. The molecule has 2 aliphatic rings. The Morgan fingerprint density at radius 3 is 2.29 bits per heavy atom. The van der Waals surface area contributed by atoms with Crippen LogP contribution in [0.15, 0.2) is 78.6 Å². The largest absolute Gasteiger partial charge is 1.00 e. The predicted octanol–water partition coefficient (Wildman–Crippen LogP) is 4.60. The molecular formula is C34H44BrN3. The second-order valence-corrected chi connectivity index (χ2v) is 11.9. The van der Waals surface area contributed by atoms with Crippen LogP contribution in [0.3, 0.4) is 0 Å². The molecule has 0 spiro atoms. The SMILES string of the molecule is CCCCCCCCC1=C[NH+](c2ccc3c(c2)Cc2ccccc2-3)NN1Cc1ccc(C(C)(C)C)cc1.[Br-]. The van der Waals surface area contributed by atoms with E-state index in [2.05, 4.69) is 111 Å². The van der Waals surface area contributed by atoms with Gasteiger partial charge in [0.15, 0.2) is 5.69 Å². The van der Waals surface area contributed by atoms with Gasteiger partial charge in [-0.2, -0.15) is 5.01 Å². The summed E-state index contributed by atoms with van der Waals surface area (Å²) >= 11 is 0. The molecule has 0 amide bonds. The first-order valence-electron chi connectivity index (χ1n) is 14.3. The van der Waals surface area contributed by atoms with Crippen molar-refractivity contribution in [1.29, 1.82) is 0 Å². The first kappa shape index (κ1) is 28.6. The number of benzene rings is 3. The van der Waals surface area contributed by atoms with E-state index in [-0.39, 0.29) is 22.4 Å². The Morgan fingerprint density at radius 2 is 1.53 bits per heavy atom. The van der Waals surface area contributed by atoms with E-state index < -0.39 is 0 Å². The first-order chi connectivity index (χ1) is 17.9. The van der Waals surface area contributed by atoms with E-state index in [1.165, 1.54) is 88.3 Å². The zero-order chi connectivity index (χ0) is 25.8. The average Bonchev–Trinajstić information content (AvgIpc) is 3.46. The third kappa shape index (κ3) is 6.59. The molecule has 1 heterocycles. The number of halogens is 1. The van der Waals surface area contributed by atoms with Gasteiger partial charge in [0.2, 0.25) is 0 Å². The van der Waals surface area contributed by atoms with Crippen molar-refractivity contribution in [3.63, 3.8) is 0 Å². The number of hydrazine groups is 1. The molecule has 1 unspecified atom stereocenters. The fraction of sp³-hybridized carbons (Fsp3) is 0.412. The highest BCUT2D eigenvalue weighted by Gasteiger charge is 2.28. The van der Waals surface area contributed by atoms with Crippen molar-refractivity contribution in [3.8, 4) is 11.1 Å². The van der Waals surface area contributed by atoms with Crippen LogP contribution in [0.1, 0.15) is 94.9 Å². The van der Waals surface area contributed by atoms with E-state index >= 15 is 0 Å². The molecule has 1 atom stereocenters. The zero-order valence-corrected chi connectivity index (χ0v) is 25.2. The molecular weight excluding hydrogens is 530 g/mol. The number of nitrogens with zero attached hydrogens (tertiary/aromatic N) is 1. The maximum absolute atomic E-state index is 3.78. The van der Waals surface area contributed by atoms with E-state index in [1.54, 1.807) is 0 Å². The Labute approximate surface area is 240 Å². The van der Waals surface area contributed by atoms with Crippen molar-refractivity contribution < 1.29 is 22.0 Å². The van der Waals surface area contributed by atoms with Gasteiger partial charge in [0, 0.05) is 12.1 Å². The lowest BCUT2D eigenvalue weighted by Crippen LogP contribution is -3.09. The number of hydrogen-bond acceptors (Lipinski definition) is 2. The molecule has 3 aromatic rings. The lowest BCUT2D eigenvalue weighted by Gasteiger charge is -2.23. The minimum Gasteiger partial charge on any atom is -1.00 e. The molecule has 4 heteroatoms. The summed E-state index contributed by atoms with van der Waals surface area (Å²) in [6.45, 7) is 10.0. The molecule has 2 N–H and O–H groups in total. The topological polar surface area (TPSA) is 19.7 Å². The smallest absolute Gasteiger partial charge is 0.157 e. The van der Waals surface area contributed by atoms with Crippen LogP contribution in [0.2, 0.25) is 0 Å². The van der Waals surface area contributed by atoms with Gasteiger partial charge in [0.25, 0.3) is 0 Å². The van der Waals surface area contributed by atoms with Gasteiger partial charge in [-0.05, 0) is 64.1 Å². The van der Waals surface area contributed by atoms with Gasteiger partial charge in [0.1, 0.15) is 6.20 Å². The number of hydrogen-bond donors (Lipinski definition) is 2. The summed E-state index contributed by atoms with van der Waals surface area (Å²) in [4.78, 5) is 0. The predicted molar refractivity (Wildman–Crippen MR) is 155 cm³/mol. The highest BCUT2D eigenvalue weighted by molar-refractivity contribution is 5.77. The maximum atomic E-state index is 3.78. The summed E-state index contributed by atoms with van der Waals surface area (Å²) in [7, 11) is 0. The van der Waals surface area contributed by atoms with Crippen molar-refractivity contribution in [2.24, 2.45) is 0 Å². The molecule has 0 radical (unpaired) electrons. The van der Waals surface area contributed by atoms with Crippen molar-refractivity contribution in [3.05, 3.63) is 101 Å². The molecule has 3 aromatic carbocycles. The van der Waals surface area contributed by atoms with E-state index in [1.807, 2.05) is 0 Å². The number of allylic oxidation sites excluding steroid dienone is 1. The van der Waals surface area contributed by atoms with Crippen molar-refractivity contribution >= 4 is 5.69 Å². The highest BCUT2D eigenvalue weighted by atomic mass is 79.9. The van der Waals surface area contributed by atoms with Crippen LogP contribution in [0.25, 0.3) is 11.1 Å². The summed E-state index contributed by atoms with van der Waals surface area (Å²) in [5.74, 6) is 0. The van der Waals surface area contributed by atoms with Crippen LogP contribution in [0.4, 0.5) is 5.69 Å². The Morgan fingerprint density at radius 1 is 0.816 bits per heavy atom. The Balaban J connectivity index is 0.00000336. The third-order valence-corrected chi connectivity index (χ3v) is 7.96. The Bertz CT molecular complexity index is 1240. The van der Waals surface area contributed by atoms with Crippen molar-refractivity contribution in [2.75, 3.05) is 0 Å². The second kappa shape index (κ2) is 12.6. The van der Waals surface area contributed by atoms with Crippen LogP contribution in [0.5, 0.6) is 0 Å². The molecule has 3 nitrogen and oxygen atoms in total. The molecule has 0 aromatic heterocycles. The van der Waals surface area contributed by atoms with Gasteiger partial charge in [-0.1, -0.05) is 114 Å². The van der Waals surface area contributed by atoms with E-state index in [0.29, 0.717) is 0 Å². The lowest BCUT2D eigenvalue weighted by molar-refractivity contribution is -0.835. The second-order valence-electron chi connectivity index (χ2n) is 11.9. The summed E-state index contributed by atoms with van der Waals surface area (Å²) in [6, 6.07) is 25.0. The van der Waals surface area contributed by atoms with Gasteiger partial charge >= 0.3 is 0 Å². The van der Waals surface area contributed by atoms with Gasteiger partial charge in [-0.15, -0.1) is 0 Å². The van der Waals surface area contributed by atoms with Gasteiger partial charge in [-0.25, -0.2) is 0 Å². The third-order valence-electron chi connectivity index (χ3n) is 7.96. The molecule has 5 rings (SSSR count). The van der Waals surface area contributed by atoms with E-state index in [0.717, 1.165) is 19.4 Å². The minimum absolute atomic E-state index is 0. The molecule has 0 bridgehead atoms. The number of fused-ring (bicyclic) bond motifs is 3. The minimum atomic E-state index is 0. The van der Waals surface area contributed by atoms with Crippen LogP contribution >= 0.6 is 0 Å².